The van der Waals surface area contributed by atoms with Gasteiger partial charge >= 0.3 is 6.18 Å². The molecule has 8 nitrogen and oxygen atoms in total. The first-order chi connectivity index (χ1) is 14.1. The van der Waals surface area contributed by atoms with Crippen LogP contribution in [0.3, 0.4) is 0 Å². The summed E-state index contributed by atoms with van der Waals surface area (Å²) in [4.78, 5) is 24.5. The molecule has 158 valence electrons. The van der Waals surface area contributed by atoms with E-state index in [0.29, 0.717) is 5.82 Å². The Morgan fingerprint density at radius 3 is 2.47 bits per heavy atom. The van der Waals surface area contributed by atoms with E-state index < -0.39 is 29.8 Å². The molecule has 2 aromatic heterocycles. The number of nitrogens with one attached hydrogen (secondary N) is 1. The van der Waals surface area contributed by atoms with Gasteiger partial charge in [-0.15, -0.1) is 5.10 Å². The van der Waals surface area contributed by atoms with Crippen LogP contribution in [0, 0.1) is 13.8 Å². The fourth-order valence-electron chi connectivity index (χ4n) is 2.83. The van der Waals surface area contributed by atoms with E-state index >= 15 is 0 Å². The van der Waals surface area contributed by atoms with Crippen LogP contribution in [0.25, 0.3) is 5.82 Å². The van der Waals surface area contributed by atoms with Crippen molar-refractivity contribution in [3.8, 4) is 11.6 Å². The van der Waals surface area contributed by atoms with Crippen LogP contribution in [0.4, 0.5) is 18.9 Å². The van der Waals surface area contributed by atoms with Crippen LogP contribution in [-0.2, 0) is 17.5 Å². The third-order valence-electron chi connectivity index (χ3n) is 4.17. The lowest BCUT2D eigenvalue weighted by atomic mass is 10.1. The van der Waals surface area contributed by atoms with E-state index in [2.05, 4.69) is 15.5 Å². The maximum Gasteiger partial charge on any atom is 0.416 e. The Kier molecular flexibility index (Phi) is 5.63. The molecule has 1 aromatic carbocycles. The van der Waals surface area contributed by atoms with Gasteiger partial charge in [-0.2, -0.15) is 18.3 Å². The zero-order chi connectivity index (χ0) is 22.1. The van der Waals surface area contributed by atoms with Gasteiger partial charge in [-0.3, -0.25) is 9.59 Å². The number of anilines is 1. The summed E-state index contributed by atoms with van der Waals surface area (Å²) in [5.74, 6) is -0.370. The molecule has 0 aliphatic carbocycles. The van der Waals surface area contributed by atoms with Crippen molar-refractivity contribution in [1.82, 2.24) is 19.6 Å². The molecule has 0 fully saturated rings. The van der Waals surface area contributed by atoms with E-state index in [1.165, 1.54) is 23.9 Å². The molecule has 11 heteroatoms. The number of aryl methyl sites for hydroxylation is 2. The van der Waals surface area contributed by atoms with Gasteiger partial charge in [0.1, 0.15) is 12.3 Å². The zero-order valence-corrected chi connectivity index (χ0v) is 16.3. The number of hydrogen-bond donors (Lipinski definition) is 1. The number of rotatable bonds is 5. The Labute approximate surface area is 168 Å². The van der Waals surface area contributed by atoms with Gasteiger partial charge in [-0.25, -0.2) is 9.36 Å². The maximum atomic E-state index is 13.0. The smallest absolute Gasteiger partial charge is 0.416 e. The predicted octanol–water partition coefficient (Wildman–Crippen LogP) is 2.71. The lowest BCUT2D eigenvalue weighted by Gasteiger charge is -2.14. The van der Waals surface area contributed by atoms with Crippen LogP contribution >= 0.6 is 0 Å². The SMILES string of the molecule is COc1ccc(C(F)(F)F)cc1NC(=O)Cn1nc(-n2nc(C)cc2C)ccc1=O. The average molecular weight is 421 g/mol. The molecule has 3 rings (SSSR count). The van der Waals surface area contributed by atoms with Crippen molar-refractivity contribution in [3.05, 3.63) is 63.7 Å². The second-order valence-corrected chi connectivity index (χ2v) is 6.49. The van der Waals surface area contributed by atoms with E-state index in [-0.39, 0.29) is 11.4 Å². The van der Waals surface area contributed by atoms with Crippen molar-refractivity contribution in [2.24, 2.45) is 0 Å². The van der Waals surface area contributed by atoms with Gasteiger partial charge in [-0.05, 0) is 44.2 Å². The van der Waals surface area contributed by atoms with E-state index in [4.69, 9.17) is 4.74 Å². The third-order valence-corrected chi connectivity index (χ3v) is 4.17. The number of amides is 1. The molecule has 0 spiro atoms. The molecule has 0 saturated carbocycles. The maximum absolute atomic E-state index is 13.0. The minimum Gasteiger partial charge on any atom is -0.495 e. The minimum absolute atomic E-state index is 0.0491. The number of nitrogens with zero attached hydrogens (tertiary/aromatic N) is 4. The lowest BCUT2D eigenvalue weighted by Crippen LogP contribution is -2.30. The molecule has 1 amide bonds. The number of hydrogen-bond acceptors (Lipinski definition) is 5. The Hall–Kier alpha value is -3.63. The van der Waals surface area contributed by atoms with E-state index in [1.54, 1.807) is 6.92 Å². The van der Waals surface area contributed by atoms with Gasteiger partial charge in [0.25, 0.3) is 5.56 Å². The second kappa shape index (κ2) is 8.01. The molecule has 0 aliphatic rings. The molecule has 0 radical (unpaired) electrons. The highest BCUT2D eigenvalue weighted by Gasteiger charge is 2.31. The summed E-state index contributed by atoms with van der Waals surface area (Å²) in [6.45, 7) is 3.10. The van der Waals surface area contributed by atoms with Crippen LogP contribution in [-0.4, -0.2) is 32.6 Å². The standard InChI is InChI=1S/C19H18F3N5O3/c1-11-8-12(2)27(24-11)16-6-7-18(29)26(25-16)10-17(28)23-14-9-13(19(20,21)22)4-5-15(14)30-3/h4-9H,10H2,1-3H3,(H,23,28). The summed E-state index contributed by atoms with van der Waals surface area (Å²) in [7, 11) is 1.27. The van der Waals surface area contributed by atoms with Crippen molar-refractivity contribution in [2.45, 2.75) is 26.6 Å². The fraction of sp³-hybridized carbons (Fsp3) is 0.263. The van der Waals surface area contributed by atoms with Crippen molar-refractivity contribution in [3.63, 3.8) is 0 Å². The summed E-state index contributed by atoms with van der Waals surface area (Å²) in [5.41, 5.74) is -0.128. The van der Waals surface area contributed by atoms with Gasteiger partial charge in [0, 0.05) is 11.8 Å². The quantitative estimate of drug-likeness (QED) is 0.684. The second-order valence-electron chi connectivity index (χ2n) is 6.49. The summed E-state index contributed by atoms with van der Waals surface area (Å²) in [6, 6.07) is 7.23. The number of benzene rings is 1. The first-order valence-corrected chi connectivity index (χ1v) is 8.75. The molecular weight excluding hydrogens is 403 g/mol. The van der Waals surface area contributed by atoms with Gasteiger partial charge in [0.15, 0.2) is 5.82 Å². The van der Waals surface area contributed by atoms with Crippen LogP contribution in [0.5, 0.6) is 5.75 Å². The molecule has 0 atom stereocenters. The van der Waals surface area contributed by atoms with Crippen LogP contribution in [0.15, 0.2) is 41.2 Å². The molecule has 3 aromatic rings. The zero-order valence-electron chi connectivity index (χ0n) is 16.3. The van der Waals surface area contributed by atoms with Crippen molar-refractivity contribution in [1.29, 1.82) is 0 Å². The Bertz CT molecular complexity index is 1150. The van der Waals surface area contributed by atoms with Crippen molar-refractivity contribution in [2.75, 3.05) is 12.4 Å². The van der Waals surface area contributed by atoms with Gasteiger partial charge in [0.05, 0.1) is 24.1 Å². The highest BCUT2D eigenvalue weighted by molar-refractivity contribution is 5.92. The summed E-state index contributed by atoms with van der Waals surface area (Å²) >= 11 is 0. The van der Waals surface area contributed by atoms with Crippen LogP contribution in [0.1, 0.15) is 17.0 Å². The van der Waals surface area contributed by atoms with Crippen LogP contribution in [0.2, 0.25) is 0 Å². The molecule has 0 bridgehead atoms. The van der Waals surface area contributed by atoms with E-state index in [0.717, 1.165) is 34.3 Å². The van der Waals surface area contributed by atoms with E-state index in [9.17, 15) is 22.8 Å². The van der Waals surface area contributed by atoms with E-state index in [1.807, 2.05) is 13.0 Å². The Balaban J connectivity index is 1.86. The lowest BCUT2D eigenvalue weighted by molar-refractivity contribution is -0.137. The number of carbonyl (C=O) groups excluding carboxylic acids is 1. The van der Waals surface area contributed by atoms with Gasteiger partial charge < -0.3 is 10.1 Å². The highest BCUT2D eigenvalue weighted by atomic mass is 19.4. The molecule has 0 unspecified atom stereocenters. The molecule has 0 saturated heterocycles. The average Bonchev–Trinajstić information content (AvgIpc) is 3.01. The van der Waals surface area contributed by atoms with Crippen LogP contribution < -0.4 is 15.6 Å². The Morgan fingerprint density at radius 2 is 1.87 bits per heavy atom. The molecule has 2 heterocycles. The molecular formula is C19H18F3N5O3. The number of carbonyl (C=O) groups is 1. The number of aromatic nitrogens is 4. The topological polar surface area (TPSA) is 91.0 Å². The first-order valence-electron chi connectivity index (χ1n) is 8.75. The van der Waals surface area contributed by atoms with Gasteiger partial charge in [0.2, 0.25) is 5.91 Å². The fourth-order valence-corrected chi connectivity index (χ4v) is 2.83. The minimum atomic E-state index is -4.58. The molecule has 0 aliphatic heterocycles. The summed E-state index contributed by atoms with van der Waals surface area (Å²) < 4.78 is 46.3. The predicted molar refractivity (Wildman–Crippen MR) is 102 cm³/mol. The van der Waals surface area contributed by atoms with Crippen molar-refractivity contribution >= 4 is 11.6 Å². The summed E-state index contributed by atoms with van der Waals surface area (Å²) in [6.07, 6.45) is -4.58. The number of halogens is 3. The number of ether oxygens (including phenoxy) is 1. The summed E-state index contributed by atoms with van der Waals surface area (Å²) in [5, 5.41) is 10.7. The highest BCUT2D eigenvalue weighted by Crippen LogP contribution is 2.34. The molecule has 1 N–H and O–H groups in total. The molecule has 30 heavy (non-hydrogen) atoms. The largest absolute Gasteiger partial charge is 0.495 e. The first kappa shape index (κ1) is 21.1. The number of alkyl halides is 3. The van der Waals surface area contributed by atoms with Crippen molar-refractivity contribution < 1.29 is 22.7 Å². The monoisotopic (exact) mass is 421 g/mol. The normalized spacial score (nSPS) is 11.4. The number of methoxy groups -OCH3 is 1. The van der Waals surface area contributed by atoms with Gasteiger partial charge in [-0.1, -0.05) is 0 Å². The third kappa shape index (κ3) is 4.50. The Morgan fingerprint density at radius 1 is 1.13 bits per heavy atom.